The van der Waals surface area contributed by atoms with Crippen LogP contribution in [0.3, 0.4) is 0 Å². The minimum atomic E-state index is 1.08. The summed E-state index contributed by atoms with van der Waals surface area (Å²) >= 11 is 1.65. The molecule has 2 rings (SSSR count). The van der Waals surface area contributed by atoms with Gasteiger partial charge in [0.1, 0.15) is 0 Å². The van der Waals surface area contributed by atoms with Crippen LogP contribution in [-0.2, 0) is 0 Å². The number of aryl methyl sites for hydroxylation is 1. The van der Waals surface area contributed by atoms with Gasteiger partial charge in [0.05, 0.1) is 16.1 Å². The van der Waals surface area contributed by atoms with E-state index in [2.05, 4.69) is 9.97 Å². The zero-order chi connectivity index (χ0) is 8.39. The van der Waals surface area contributed by atoms with Gasteiger partial charge in [0, 0.05) is 18.0 Å². The van der Waals surface area contributed by atoms with E-state index in [4.69, 9.17) is 0 Å². The normalized spacial score (nSPS) is 10.1. The summed E-state index contributed by atoms with van der Waals surface area (Å²) in [4.78, 5) is 9.46. The van der Waals surface area contributed by atoms with Crippen molar-refractivity contribution in [1.29, 1.82) is 0 Å². The fourth-order valence-electron chi connectivity index (χ4n) is 1.08. The molecule has 0 aromatic carbocycles. The largest absolute Gasteiger partial charge is 0.264 e. The third-order valence-corrected chi connectivity index (χ3v) is 2.65. The molecule has 0 saturated heterocycles. The summed E-state index contributed by atoms with van der Waals surface area (Å²) in [7, 11) is 0. The van der Waals surface area contributed by atoms with Gasteiger partial charge in [-0.1, -0.05) is 6.07 Å². The van der Waals surface area contributed by atoms with E-state index in [-0.39, 0.29) is 0 Å². The summed E-state index contributed by atoms with van der Waals surface area (Å²) in [6, 6.07) is 3.99. The number of aromatic nitrogens is 2. The van der Waals surface area contributed by atoms with Gasteiger partial charge in [-0.2, -0.15) is 0 Å². The van der Waals surface area contributed by atoms with Gasteiger partial charge in [-0.3, -0.25) is 4.98 Å². The second-order valence-electron chi connectivity index (χ2n) is 2.51. The highest BCUT2D eigenvalue weighted by Crippen LogP contribution is 2.25. The monoisotopic (exact) mass is 176 g/mol. The summed E-state index contributed by atoms with van der Waals surface area (Å²) in [5.74, 6) is 0. The summed E-state index contributed by atoms with van der Waals surface area (Å²) in [5, 5.41) is 0. The number of rotatable bonds is 1. The van der Waals surface area contributed by atoms with Crippen molar-refractivity contribution < 1.29 is 0 Å². The van der Waals surface area contributed by atoms with Crippen molar-refractivity contribution in [2.75, 3.05) is 0 Å². The Morgan fingerprint density at radius 2 is 2.33 bits per heavy atom. The van der Waals surface area contributed by atoms with Crippen molar-refractivity contribution >= 4 is 11.3 Å². The van der Waals surface area contributed by atoms with Gasteiger partial charge in [-0.25, -0.2) is 4.98 Å². The molecular formula is C9H8N2S. The molecule has 0 atom stereocenters. The summed E-state index contributed by atoms with van der Waals surface area (Å²) in [6.45, 7) is 2.01. The number of thiazole rings is 1. The van der Waals surface area contributed by atoms with Crippen LogP contribution in [0.1, 0.15) is 5.69 Å². The minimum Gasteiger partial charge on any atom is -0.264 e. The van der Waals surface area contributed by atoms with E-state index in [1.165, 1.54) is 4.88 Å². The predicted octanol–water partition coefficient (Wildman–Crippen LogP) is 2.51. The SMILES string of the molecule is Cc1ncsc1-c1cccnc1. The van der Waals surface area contributed by atoms with Gasteiger partial charge in [0.2, 0.25) is 0 Å². The van der Waals surface area contributed by atoms with Gasteiger partial charge >= 0.3 is 0 Å². The standard InChI is InChI=1S/C9H8N2S/c1-7-9(12-6-11-7)8-3-2-4-10-5-8/h2-6H,1H3. The first-order valence-electron chi connectivity index (χ1n) is 3.68. The van der Waals surface area contributed by atoms with E-state index >= 15 is 0 Å². The van der Waals surface area contributed by atoms with Crippen LogP contribution >= 0.6 is 11.3 Å². The molecule has 2 aromatic rings. The average Bonchev–Trinajstić information content (AvgIpc) is 2.53. The van der Waals surface area contributed by atoms with Crippen LogP contribution in [0.2, 0.25) is 0 Å². The minimum absolute atomic E-state index is 1.08. The molecule has 0 bridgehead atoms. The molecular weight excluding hydrogens is 168 g/mol. The Morgan fingerprint density at radius 3 is 2.92 bits per heavy atom. The van der Waals surface area contributed by atoms with E-state index in [9.17, 15) is 0 Å². The summed E-state index contributed by atoms with van der Waals surface area (Å²) in [5.41, 5.74) is 4.09. The number of pyridine rings is 1. The summed E-state index contributed by atoms with van der Waals surface area (Å²) in [6.07, 6.45) is 3.64. The van der Waals surface area contributed by atoms with Crippen molar-refractivity contribution in [3.8, 4) is 10.4 Å². The first kappa shape index (κ1) is 7.43. The third-order valence-electron chi connectivity index (χ3n) is 1.67. The predicted molar refractivity (Wildman–Crippen MR) is 50.1 cm³/mol. The molecule has 0 fully saturated rings. The van der Waals surface area contributed by atoms with E-state index < -0.39 is 0 Å². The number of nitrogens with zero attached hydrogens (tertiary/aromatic N) is 2. The average molecular weight is 176 g/mol. The second-order valence-corrected chi connectivity index (χ2v) is 3.36. The molecule has 3 heteroatoms. The molecule has 0 N–H and O–H groups in total. The molecule has 0 unspecified atom stereocenters. The fourth-order valence-corrected chi connectivity index (χ4v) is 1.87. The molecule has 2 heterocycles. The van der Waals surface area contributed by atoms with Crippen molar-refractivity contribution in [3.63, 3.8) is 0 Å². The van der Waals surface area contributed by atoms with Crippen molar-refractivity contribution in [3.05, 3.63) is 35.7 Å². The molecule has 0 aliphatic heterocycles. The quantitative estimate of drug-likeness (QED) is 0.667. The molecule has 0 aliphatic rings. The van der Waals surface area contributed by atoms with Gasteiger partial charge in [0.15, 0.2) is 0 Å². The number of hydrogen-bond acceptors (Lipinski definition) is 3. The molecule has 0 amide bonds. The molecule has 12 heavy (non-hydrogen) atoms. The maximum atomic E-state index is 4.18. The maximum absolute atomic E-state index is 4.18. The lowest BCUT2D eigenvalue weighted by atomic mass is 10.2. The van der Waals surface area contributed by atoms with Gasteiger partial charge in [-0.15, -0.1) is 11.3 Å². The third kappa shape index (κ3) is 1.23. The van der Waals surface area contributed by atoms with Crippen LogP contribution in [0, 0.1) is 6.92 Å². The zero-order valence-electron chi connectivity index (χ0n) is 6.69. The van der Waals surface area contributed by atoms with Gasteiger partial charge in [-0.05, 0) is 13.0 Å². The van der Waals surface area contributed by atoms with E-state index in [1.807, 2.05) is 30.8 Å². The van der Waals surface area contributed by atoms with E-state index in [1.54, 1.807) is 17.5 Å². The lowest BCUT2D eigenvalue weighted by Gasteiger charge is -1.95. The highest BCUT2D eigenvalue weighted by molar-refractivity contribution is 7.13. The molecule has 0 aliphatic carbocycles. The fraction of sp³-hybridized carbons (Fsp3) is 0.111. The van der Waals surface area contributed by atoms with Crippen molar-refractivity contribution in [2.45, 2.75) is 6.92 Å². The molecule has 2 aromatic heterocycles. The van der Waals surface area contributed by atoms with Crippen LogP contribution < -0.4 is 0 Å². The molecule has 60 valence electrons. The van der Waals surface area contributed by atoms with Crippen molar-refractivity contribution in [2.24, 2.45) is 0 Å². The van der Waals surface area contributed by atoms with Gasteiger partial charge in [0.25, 0.3) is 0 Å². The van der Waals surface area contributed by atoms with E-state index in [0.29, 0.717) is 0 Å². The smallest absolute Gasteiger partial charge is 0.0801 e. The second kappa shape index (κ2) is 3.03. The van der Waals surface area contributed by atoms with Gasteiger partial charge < -0.3 is 0 Å². The lowest BCUT2D eigenvalue weighted by Crippen LogP contribution is -1.78. The highest BCUT2D eigenvalue weighted by Gasteiger charge is 2.02. The Bertz CT molecular complexity index is 367. The summed E-state index contributed by atoms with van der Waals surface area (Å²) < 4.78 is 0. The van der Waals surface area contributed by atoms with Crippen LogP contribution in [0.15, 0.2) is 30.0 Å². The molecule has 0 saturated carbocycles. The topological polar surface area (TPSA) is 25.8 Å². The Kier molecular flexibility index (Phi) is 1.87. The first-order valence-corrected chi connectivity index (χ1v) is 4.56. The Labute approximate surface area is 74.9 Å². The zero-order valence-corrected chi connectivity index (χ0v) is 7.51. The molecule has 2 nitrogen and oxygen atoms in total. The molecule has 0 spiro atoms. The van der Waals surface area contributed by atoms with Crippen LogP contribution in [0.25, 0.3) is 10.4 Å². The first-order chi connectivity index (χ1) is 5.88. The highest BCUT2D eigenvalue weighted by atomic mass is 32.1. The van der Waals surface area contributed by atoms with Crippen molar-refractivity contribution in [1.82, 2.24) is 9.97 Å². The van der Waals surface area contributed by atoms with Crippen LogP contribution in [0.5, 0.6) is 0 Å². The Morgan fingerprint density at radius 1 is 1.42 bits per heavy atom. The van der Waals surface area contributed by atoms with Crippen LogP contribution in [0.4, 0.5) is 0 Å². The number of hydrogen-bond donors (Lipinski definition) is 0. The van der Waals surface area contributed by atoms with Crippen LogP contribution in [-0.4, -0.2) is 9.97 Å². The lowest BCUT2D eigenvalue weighted by molar-refractivity contribution is 1.26. The van der Waals surface area contributed by atoms with E-state index in [0.717, 1.165) is 11.3 Å². The maximum Gasteiger partial charge on any atom is 0.0801 e. The Hall–Kier alpha value is -1.22. The molecule has 0 radical (unpaired) electrons. The Balaban J connectivity index is 2.51.